The van der Waals surface area contributed by atoms with Crippen LogP contribution in [0.15, 0.2) is 65.6 Å². The number of fused-ring (bicyclic) bond motifs is 1. The van der Waals surface area contributed by atoms with Gasteiger partial charge in [0.25, 0.3) is 5.91 Å². The number of rotatable bonds is 10. The summed E-state index contributed by atoms with van der Waals surface area (Å²) in [6.45, 7) is 3.25. The molecule has 196 valence electrons. The summed E-state index contributed by atoms with van der Waals surface area (Å²) in [6, 6.07) is 18.6. The number of nitrogen functional groups attached to an aromatic ring is 1. The Balaban J connectivity index is 1.25. The molecule has 5 N–H and O–H groups in total. The van der Waals surface area contributed by atoms with Crippen LogP contribution in [0.2, 0.25) is 0 Å². The van der Waals surface area contributed by atoms with Crippen LogP contribution in [0.4, 0.5) is 5.69 Å². The van der Waals surface area contributed by atoms with E-state index in [1.165, 1.54) is 11.4 Å². The second-order valence-corrected chi connectivity index (χ2v) is 15.0. The molecule has 3 aromatic carbocycles. The normalized spacial score (nSPS) is 16.6. The van der Waals surface area contributed by atoms with Crippen LogP contribution >= 0.6 is 17.7 Å². The molecule has 0 bridgehead atoms. The molecule has 0 aliphatic carbocycles. The molecule has 2 amide bonds. The van der Waals surface area contributed by atoms with Gasteiger partial charge in [0.1, 0.15) is 10.9 Å². The molecule has 1 saturated heterocycles. The second-order valence-electron chi connectivity index (χ2n) is 9.12. The van der Waals surface area contributed by atoms with Gasteiger partial charge in [0.05, 0.1) is 17.9 Å². The Kier molecular flexibility index (Phi) is 8.47. The predicted molar refractivity (Wildman–Crippen MR) is 149 cm³/mol. The molecule has 1 heterocycles. The van der Waals surface area contributed by atoms with Crippen molar-refractivity contribution in [2.45, 2.75) is 29.3 Å². The van der Waals surface area contributed by atoms with Crippen molar-refractivity contribution < 1.29 is 23.6 Å². The summed E-state index contributed by atoms with van der Waals surface area (Å²) in [5.41, 5.74) is 12.8. The van der Waals surface area contributed by atoms with Gasteiger partial charge in [-0.2, -0.15) is 0 Å². The maximum Gasteiger partial charge on any atom is 0.253 e. The zero-order chi connectivity index (χ0) is 26.5. The topological polar surface area (TPSA) is 134 Å². The summed E-state index contributed by atoms with van der Waals surface area (Å²) >= 11 is 1.21. The SMILES string of the molecule is CP(=O)(Sc1ccc(OCCCNC(=O)c2ccc3ccccc3c2N)cc1)C1(C(N)=O)CCOCC1. The van der Waals surface area contributed by atoms with Crippen LogP contribution < -0.4 is 21.5 Å². The smallest absolute Gasteiger partial charge is 0.253 e. The molecule has 1 atom stereocenters. The number of carbonyl (C=O) groups is 2. The van der Waals surface area contributed by atoms with Crippen LogP contribution in [0.5, 0.6) is 5.75 Å². The third-order valence-corrected chi connectivity index (χ3v) is 12.5. The van der Waals surface area contributed by atoms with Crippen molar-refractivity contribution in [3.8, 4) is 5.75 Å². The fraction of sp³-hybridized carbons (Fsp3) is 0.333. The maximum absolute atomic E-state index is 13.6. The van der Waals surface area contributed by atoms with E-state index in [0.29, 0.717) is 62.6 Å². The van der Waals surface area contributed by atoms with Crippen LogP contribution in [0.25, 0.3) is 10.8 Å². The number of anilines is 1. The van der Waals surface area contributed by atoms with E-state index in [9.17, 15) is 14.2 Å². The minimum absolute atomic E-state index is 0.216. The monoisotopic (exact) mass is 541 g/mol. The summed E-state index contributed by atoms with van der Waals surface area (Å²) in [6.07, 6.45) is -1.65. The average molecular weight is 542 g/mol. The summed E-state index contributed by atoms with van der Waals surface area (Å²) in [4.78, 5) is 25.6. The number of carbonyl (C=O) groups excluding carboxylic acids is 2. The Morgan fingerprint density at radius 2 is 1.78 bits per heavy atom. The Morgan fingerprint density at radius 3 is 2.49 bits per heavy atom. The first-order chi connectivity index (χ1) is 17.7. The van der Waals surface area contributed by atoms with Gasteiger partial charge in [-0.1, -0.05) is 41.7 Å². The zero-order valence-corrected chi connectivity index (χ0v) is 22.5. The number of nitrogens with one attached hydrogen (secondary N) is 1. The van der Waals surface area contributed by atoms with Gasteiger partial charge in [-0.25, -0.2) is 0 Å². The molecule has 0 saturated carbocycles. The second kappa shape index (κ2) is 11.6. The molecule has 1 aliphatic heterocycles. The van der Waals surface area contributed by atoms with E-state index < -0.39 is 17.4 Å². The molecule has 3 aromatic rings. The molecule has 0 aromatic heterocycles. The summed E-state index contributed by atoms with van der Waals surface area (Å²) in [5, 5.41) is 3.69. The van der Waals surface area contributed by atoms with E-state index in [1.807, 2.05) is 42.5 Å². The number of nitrogens with two attached hydrogens (primary N) is 2. The lowest BCUT2D eigenvalue weighted by molar-refractivity contribution is -0.122. The van der Waals surface area contributed by atoms with Crippen molar-refractivity contribution in [3.05, 3.63) is 66.2 Å². The fourth-order valence-electron chi connectivity index (χ4n) is 4.50. The van der Waals surface area contributed by atoms with Gasteiger partial charge in [-0.3, -0.25) is 9.59 Å². The number of hydrogen-bond donors (Lipinski definition) is 3. The van der Waals surface area contributed by atoms with Gasteiger partial charge >= 0.3 is 0 Å². The van der Waals surface area contributed by atoms with Crippen LogP contribution in [0.1, 0.15) is 29.6 Å². The lowest BCUT2D eigenvalue weighted by Gasteiger charge is -2.38. The maximum atomic E-state index is 13.6. The highest BCUT2D eigenvalue weighted by Crippen LogP contribution is 2.70. The van der Waals surface area contributed by atoms with E-state index in [0.717, 1.165) is 15.7 Å². The van der Waals surface area contributed by atoms with E-state index in [1.54, 1.807) is 24.9 Å². The Morgan fingerprint density at radius 1 is 1.08 bits per heavy atom. The average Bonchev–Trinajstić information content (AvgIpc) is 2.89. The van der Waals surface area contributed by atoms with Crippen LogP contribution in [-0.4, -0.2) is 50.0 Å². The van der Waals surface area contributed by atoms with Crippen molar-refractivity contribution in [2.75, 3.05) is 38.8 Å². The van der Waals surface area contributed by atoms with Crippen molar-refractivity contribution in [1.82, 2.24) is 5.32 Å². The predicted octanol–water partition coefficient (Wildman–Crippen LogP) is 4.66. The molecule has 4 rings (SSSR count). The van der Waals surface area contributed by atoms with Crippen LogP contribution in [-0.2, 0) is 14.1 Å². The lowest BCUT2D eigenvalue weighted by Crippen LogP contribution is -2.47. The molecule has 8 nitrogen and oxygen atoms in total. The first kappa shape index (κ1) is 27.0. The highest BCUT2D eigenvalue weighted by Gasteiger charge is 2.51. The Bertz CT molecular complexity index is 1330. The summed E-state index contributed by atoms with van der Waals surface area (Å²) < 4.78 is 24.8. The third-order valence-electron chi connectivity index (χ3n) is 6.75. The van der Waals surface area contributed by atoms with Crippen LogP contribution in [0.3, 0.4) is 0 Å². The number of benzene rings is 3. The Hall–Kier alpha value is -3.00. The highest BCUT2D eigenvalue weighted by atomic mass is 32.7. The third kappa shape index (κ3) is 5.95. The summed E-state index contributed by atoms with van der Waals surface area (Å²) in [7, 11) is 0. The van der Waals surface area contributed by atoms with Gasteiger partial charge in [0.2, 0.25) is 5.91 Å². The number of amides is 2. The first-order valence-corrected chi connectivity index (χ1v) is 15.7. The first-order valence-electron chi connectivity index (χ1n) is 12.2. The molecule has 1 fully saturated rings. The standard InChI is InChI=1S/C27H32N3O5PS/c1-36(33,27(26(29)32)13-17-34-18-14-27)37-21-10-8-20(9-11-21)35-16-4-15-30-25(31)23-12-7-19-5-2-3-6-22(19)24(23)28/h2-3,5-12H,4,13-18,28H2,1H3,(H2,29,32)(H,30,31). The molecule has 0 spiro atoms. The molecular weight excluding hydrogens is 509 g/mol. The lowest BCUT2D eigenvalue weighted by atomic mass is 9.98. The van der Waals surface area contributed by atoms with E-state index in [-0.39, 0.29) is 5.91 Å². The quantitative estimate of drug-likeness (QED) is 0.193. The molecule has 0 radical (unpaired) electrons. The van der Waals surface area contributed by atoms with Gasteiger partial charge in [0, 0.05) is 30.0 Å². The molecular formula is C27H32N3O5PS. The number of hydrogen-bond acceptors (Lipinski definition) is 7. The van der Waals surface area contributed by atoms with Crippen molar-refractivity contribution in [2.24, 2.45) is 5.73 Å². The van der Waals surface area contributed by atoms with Gasteiger partial charge in [-0.15, -0.1) is 0 Å². The molecule has 1 aliphatic rings. The van der Waals surface area contributed by atoms with Gasteiger partial charge in [0.15, 0.2) is 6.34 Å². The highest BCUT2D eigenvalue weighted by molar-refractivity contribution is 8.58. The van der Waals surface area contributed by atoms with E-state index >= 15 is 0 Å². The van der Waals surface area contributed by atoms with E-state index in [2.05, 4.69) is 5.32 Å². The van der Waals surface area contributed by atoms with Gasteiger partial charge in [-0.05, 0) is 61.6 Å². The largest absolute Gasteiger partial charge is 0.494 e. The number of primary amides is 1. The van der Waals surface area contributed by atoms with E-state index in [4.69, 9.17) is 20.9 Å². The molecule has 10 heteroatoms. The minimum atomic E-state index is -3.00. The zero-order valence-electron chi connectivity index (χ0n) is 20.8. The Labute approximate surface area is 220 Å². The van der Waals surface area contributed by atoms with Crippen molar-refractivity contribution in [3.63, 3.8) is 0 Å². The molecule has 37 heavy (non-hydrogen) atoms. The summed E-state index contributed by atoms with van der Waals surface area (Å²) in [5.74, 6) is -0.0765. The van der Waals surface area contributed by atoms with Crippen molar-refractivity contribution in [1.29, 1.82) is 0 Å². The fourth-order valence-corrected chi connectivity index (χ4v) is 9.64. The molecule has 1 unspecified atom stereocenters. The van der Waals surface area contributed by atoms with Gasteiger partial charge < -0.3 is 30.8 Å². The van der Waals surface area contributed by atoms with Crippen LogP contribution in [0, 0.1) is 0 Å². The number of ether oxygens (including phenoxy) is 2. The minimum Gasteiger partial charge on any atom is -0.494 e. The van der Waals surface area contributed by atoms with Crippen molar-refractivity contribution >= 4 is 46.0 Å².